The Bertz CT molecular complexity index is 1250. The van der Waals surface area contributed by atoms with E-state index >= 15 is 0 Å². The predicted molar refractivity (Wildman–Crippen MR) is 203 cm³/mol. The lowest BCUT2D eigenvalue weighted by Crippen LogP contribution is -2.25. The normalized spacial score (nSPS) is 30.9. The van der Waals surface area contributed by atoms with Crippen LogP contribution in [0.15, 0.2) is 48.5 Å². The van der Waals surface area contributed by atoms with E-state index < -0.39 is 0 Å². The van der Waals surface area contributed by atoms with Crippen molar-refractivity contribution in [2.45, 2.75) is 161 Å². The van der Waals surface area contributed by atoms with Gasteiger partial charge in [-0.25, -0.2) is 0 Å². The third kappa shape index (κ3) is 10.5. The van der Waals surface area contributed by atoms with Gasteiger partial charge in [-0.15, -0.1) is 24.2 Å². The molecular formula is C47H66. The van der Waals surface area contributed by atoms with Gasteiger partial charge in [-0.3, -0.25) is 0 Å². The lowest BCUT2D eigenvalue weighted by Gasteiger charge is -2.37. The SMILES string of the molecule is C#CC1CCC(C2CCC(c3ccc(CCC)cc3)CC2)CC1.CC#CC1CCC(C2CCC(c3ccc(CCC)cc3)CC2)CC1. The molecule has 0 bridgehead atoms. The molecule has 0 saturated heterocycles. The van der Waals surface area contributed by atoms with Gasteiger partial charge in [0.2, 0.25) is 0 Å². The average Bonchev–Trinajstić information content (AvgIpc) is 3.14. The third-order valence-corrected chi connectivity index (χ3v) is 13.0. The van der Waals surface area contributed by atoms with E-state index in [4.69, 9.17) is 6.42 Å². The molecule has 0 nitrogen and oxygen atoms in total. The molecule has 0 amide bonds. The fourth-order valence-corrected chi connectivity index (χ4v) is 10.0. The number of rotatable bonds is 8. The molecule has 6 rings (SSSR count). The maximum Gasteiger partial charge on any atom is 0.0203 e. The molecule has 2 aromatic rings. The molecule has 0 atom stereocenters. The zero-order valence-electron chi connectivity index (χ0n) is 30.5. The Kier molecular flexibility index (Phi) is 14.4. The van der Waals surface area contributed by atoms with E-state index in [1.54, 1.807) is 11.1 Å². The Labute approximate surface area is 290 Å². The van der Waals surface area contributed by atoms with Crippen LogP contribution in [0.1, 0.15) is 170 Å². The molecule has 2 aromatic carbocycles. The second-order valence-corrected chi connectivity index (χ2v) is 16.0. The second-order valence-electron chi connectivity index (χ2n) is 16.0. The van der Waals surface area contributed by atoms with E-state index in [1.165, 1.54) is 140 Å². The zero-order chi connectivity index (χ0) is 32.8. The number of benzene rings is 2. The largest absolute Gasteiger partial charge is 0.120 e. The highest BCUT2D eigenvalue weighted by Crippen LogP contribution is 2.45. The monoisotopic (exact) mass is 631 g/mol. The van der Waals surface area contributed by atoms with Crippen molar-refractivity contribution in [2.75, 3.05) is 0 Å². The van der Waals surface area contributed by atoms with Crippen LogP contribution in [0.5, 0.6) is 0 Å². The van der Waals surface area contributed by atoms with Crippen LogP contribution in [0, 0.1) is 59.7 Å². The highest BCUT2D eigenvalue weighted by molar-refractivity contribution is 5.27. The topological polar surface area (TPSA) is 0 Å². The lowest BCUT2D eigenvalue weighted by atomic mass is 9.68. The summed E-state index contributed by atoms with van der Waals surface area (Å²) in [6.45, 7) is 6.51. The Morgan fingerprint density at radius 2 is 0.830 bits per heavy atom. The molecule has 0 unspecified atom stereocenters. The summed E-state index contributed by atoms with van der Waals surface area (Å²) in [7, 11) is 0. The molecule has 254 valence electrons. The minimum atomic E-state index is 0.573. The lowest BCUT2D eigenvalue weighted by molar-refractivity contribution is 0.173. The van der Waals surface area contributed by atoms with Crippen LogP contribution in [-0.4, -0.2) is 0 Å². The van der Waals surface area contributed by atoms with E-state index in [-0.39, 0.29) is 0 Å². The quantitative estimate of drug-likeness (QED) is 0.255. The molecule has 0 radical (unpaired) electrons. The Morgan fingerprint density at radius 1 is 0.489 bits per heavy atom. The molecule has 47 heavy (non-hydrogen) atoms. The van der Waals surface area contributed by atoms with Crippen LogP contribution in [0.4, 0.5) is 0 Å². The predicted octanol–water partition coefficient (Wildman–Crippen LogP) is 13.1. The first-order valence-electron chi connectivity index (χ1n) is 20.2. The van der Waals surface area contributed by atoms with E-state index in [0.717, 1.165) is 35.5 Å². The van der Waals surface area contributed by atoms with Crippen molar-refractivity contribution in [3.05, 3.63) is 70.8 Å². The van der Waals surface area contributed by atoms with E-state index in [9.17, 15) is 0 Å². The maximum atomic E-state index is 5.59. The highest BCUT2D eigenvalue weighted by Gasteiger charge is 2.32. The Hall–Kier alpha value is -2.44. The van der Waals surface area contributed by atoms with Gasteiger partial charge in [-0.1, -0.05) is 75.2 Å². The van der Waals surface area contributed by atoms with Crippen LogP contribution < -0.4 is 0 Å². The minimum Gasteiger partial charge on any atom is -0.120 e. The molecule has 4 aliphatic rings. The number of terminal acetylenes is 1. The van der Waals surface area contributed by atoms with Gasteiger partial charge >= 0.3 is 0 Å². The van der Waals surface area contributed by atoms with Crippen molar-refractivity contribution in [2.24, 2.45) is 35.5 Å². The van der Waals surface area contributed by atoms with Crippen LogP contribution in [0.25, 0.3) is 0 Å². The summed E-state index contributed by atoms with van der Waals surface area (Å²) in [5.74, 6) is 16.3. The second kappa shape index (κ2) is 18.9. The van der Waals surface area contributed by atoms with Crippen LogP contribution in [-0.2, 0) is 12.8 Å². The molecule has 4 aliphatic carbocycles. The summed E-state index contributed by atoms with van der Waals surface area (Å²) in [4.78, 5) is 0. The molecule has 0 spiro atoms. The van der Waals surface area contributed by atoms with E-state index in [2.05, 4.69) is 80.1 Å². The first-order valence-corrected chi connectivity index (χ1v) is 20.2. The molecule has 4 saturated carbocycles. The number of aryl methyl sites for hydroxylation is 2. The number of hydrogen-bond acceptors (Lipinski definition) is 0. The fraction of sp³-hybridized carbons (Fsp3) is 0.660. The molecule has 0 N–H and O–H groups in total. The minimum absolute atomic E-state index is 0.573. The average molecular weight is 631 g/mol. The highest BCUT2D eigenvalue weighted by atomic mass is 14.4. The molecule has 0 heteroatoms. The van der Waals surface area contributed by atoms with Gasteiger partial charge in [0.15, 0.2) is 0 Å². The first kappa shape index (κ1) is 35.9. The molecule has 0 aromatic heterocycles. The van der Waals surface area contributed by atoms with Gasteiger partial charge in [0.05, 0.1) is 0 Å². The fourth-order valence-electron chi connectivity index (χ4n) is 10.0. The van der Waals surface area contributed by atoms with E-state index in [1.807, 2.05) is 6.92 Å². The van der Waals surface area contributed by atoms with Crippen LogP contribution in [0.2, 0.25) is 0 Å². The van der Waals surface area contributed by atoms with Gasteiger partial charge in [0.1, 0.15) is 0 Å². The Morgan fingerprint density at radius 3 is 1.15 bits per heavy atom. The van der Waals surface area contributed by atoms with E-state index in [0.29, 0.717) is 11.8 Å². The van der Waals surface area contributed by atoms with Crippen molar-refractivity contribution >= 4 is 0 Å². The van der Waals surface area contributed by atoms with Crippen molar-refractivity contribution in [3.63, 3.8) is 0 Å². The summed E-state index contributed by atoms with van der Waals surface area (Å²) >= 11 is 0. The van der Waals surface area contributed by atoms with Crippen molar-refractivity contribution < 1.29 is 0 Å². The van der Waals surface area contributed by atoms with Gasteiger partial charge in [0.25, 0.3) is 0 Å². The molecular weight excluding hydrogens is 565 g/mol. The Balaban J connectivity index is 0.000000185. The first-order chi connectivity index (χ1) is 23.1. The molecule has 0 heterocycles. The summed E-state index contributed by atoms with van der Waals surface area (Å²) in [6, 6.07) is 19.0. The van der Waals surface area contributed by atoms with Gasteiger partial charge in [0, 0.05) is 11.8 Å². The molecule has 4 fully saturated rings. The maximum absolute atomic E-state index is 5.59. The third-order valence-electron chi connectivity index (χ3n) is 13.0. The van der Waals surface area contributed by atoms with Gasteiger partial charge in [-0.2, -0.15) is 0 Å². The van der Waals surface area contributed by atoms with Crippen molar-refractivity contribution in [1.82, 2.24) is 0 Å². The summed E-state index contributed by atoms with van der Waals surface area (Å²) in [5.41, 5.74) is 6.17. The van der Waals surface area contributed by atoms with Gasteiger partial charge < -0.3 is 0 Å². The van der Waals surface area contributed by atoms with Crippen molar-refractivity contribution in [1.29, 1.82) is 0 Å². The molecule has 0 aliphatic heterocycles. The summed E-state index contributed by atoms with van der Waals surface area (Å²) in [5, 5.41) is 0. The van der Waals surface area contributed by atoms with Crippen LogP contribution in [0.3, 0.4) is 0 Å². The summed E-state index contributed by atoms with van der Waals surface area (Å²) in [6.07, 6.45) is 32.8. The number of hydrogen-bond donors (Lipinski definition) is 0. The smallest absolute Gasteiger partial charge is 0.0203 e. The van der Waals surface area contributed by atoms with Gasteiger partial charge in [-0.05, 0) is 180 Å². The summed E-state index contributed by atoms with van der Waals surface area (Å²) < 4.78 is 0. The van der Waals surface area contributed by atoms with Crippen LogP contribution >= 0.6 is 0 Å². The van der Waals surface area contributed by atoms with Crippen molar-refractivity contribution in [3.8, 4) is 24.2 Å². The standard InChI is InChI=1S/C24H34.C23H32/c1-3-5-19-7-11-21(12-8-19)23-15-17-24(18-16-23)22-13-9-20(6-4-2)10-14-22;1-3-5-19-8-12-21(13-9-19)23-16-14-22(15-17-23)20-10-6-18(4-2)7-11-20/h7-8,11-12,20,22-24H,3,5,9-10,13-18H2,1-2H3;2,8-9,12-13,18,20,22-23H,3,5-7,10-11,14-17H2,1H3. The zero-order valence-corrected chi connectivity index (χ0v) is 30.5.